The molecule has 6 rings (SSSR count). The Balaban J connectivity index is 1.16. The van der Waals surface area contributed by atoms with E-state index in [9.17, 15) is 14.9 Å². The number of non-ortho nitro benzene ring substituents is 1. The largest absolute Gasteiger partial charge is 0.446 e. The normalized spacial score (nSPS) is 33.8. The number of amides is 1. The first-order chi connectivity index (χ1) is 13.6. The molecule has 7 heteroatoms. The van der Waals surface area contributed by atoms with E-state index in [0.29, 0.717) is 38.0 Å². The Labute approximate surface area is 164 Å². The predicted octanol–water partition coefficient (Wildman–Crippen LogP) is 3.68. The Morgan fingerprint density at radius 1 is 0.929 bits per heavy atom. The summed E-state index contributed by atoms with van der Waals surface area (Å²) >= 11 is 0. The molecule has 1 aliphatic heterocycles. The minimum atomic E-state index is -0.387. The van der Waals surface area contributed by atoms with Gasteiger partial charge in [0, 0.05) is 44.0 Å². The summed E-state index contributed by atoms with van der Waals surface area (Å²) in [4.78, 5) is 27.2. The van der Waals surface area contributed by atoms with Gasteiger partial charge in [-0.25, -0.2) is 4.79 Å². The van der Waals surface area contributed by atoms with Gasteiger partial charge in [-0.05, 0) is 67.9 Å². The van der Waals surface area contributed by atoms with E-state index in [4.69, 9.17) is 4.74 Å². The summed E-state index contributed by atoms with van der Waals surface area (Å²) in [7, 11) is 0. The van der Waals surface area contributed by atoms with Gasteiger partial charge < -0.3 is 14.5 Å². The van der Waals surface area contributed by atoms with Gasteiger partial charge in [0.05, 0.1) is 4.92 Å². The quantitative estimate of drug-likeness (QED) is 0.586. The molecule has 0 spiro atoms. The predicted molar refractivity (Wildman–Crippen MR) is 104 cm³/mol. The Morgan fingerprint density at radius 2 is 1.50 bits per heavy atom. The molecule has 0 radical (unpaired) electrons. The number of carbonyl (C=O) groups excluding carboxylic acids is 1. The second kappa shape index (κ2) is 6.94. The van der Waals surface area contributed by atoms with Gasteiger partial charge in [0.2, 0.25) is 0 Å². The van der Waals surface area contributed by atoms with E-state index < -0.39 is 0 Å². The number of carbonyl (C=O) groups is 1. The number of hydrogen-bond donors (Lipinski definition) is 0. The molecule has 4 bridgehead atoms. The van der Waals surface area contributed by atoms with Crippen molar-refractivity contribution in [1.82, 2.24) is 4.90 Å². The summed E-state index contributed by atoms with van der Waals surface area (Å²) in [5, 5.41) is 10.8. The second-order valence-corrected chi connectivity index (χ2v) is 9.03. The van der Waals surface area contributed by atoms with Gasteiger partial charge >= 0.3 is 6.09 Å². The zero-order valence-electron chi connectivity index (χ0n) is 16.0. The maximum absolute atomic E-state index is 12.8. The van der Waals surface area contributed by atoms with Crippen molar-refractivity contribution in [2.24, 2.45) is 23.7 Å². The van der Waals surface area contributed by atoms with E-state index in [1.807, 2.05) is 4.90 Å². The molecule has 0 N–H and O–H groups in total. The van der Waals surface area contributed by atoms with Crippen LogP contribution >= 0.6 is 0 Å². The Hall–Kier alpha value is -2.31. The summed E-state index contributed by atoms with van der Waals surface area (Å²) in [6, 6.07) is 6.62. The van der Waals surface area contributed by atoms with Crippen molar-refractivity contribution >= 4 is 17.5 Å². The molecular formula is C21H27N3O4. The lowest BCUT2D eigenvalue weighted by Crippen LogP contribution is -2.53. The monoisotopic (exact) mass is 385 g/mol. The molecule has 150 valence electrons. The fraction of sp³-hybridized carbons (Fsp3) is 0.667. The summed E-state index contributed by atoms with van der Waals surface area (Å²) in [6.07, 6.45) is 6.38. The maximum Gasteiger partial charge on any atom is 0.410 e. The number of hydrogen-bond acceptors (Lipinski definition) is 5. The maximum atomic E-state index is 12.8. The standard InChI is InChI=1S/C21H27N3O4/c25-21(28-20-16-10-14-9-15(12-16)13-17(20)11-14)23-7-5-22(6-8-23)18-1-3-19(4-2-18)24(26)27/h1-4,14-17,20H,5-13H2. The van der Waals surface area contributed by atoms with Crippen molar-refractivity contribution in [3.05, 3.63) is 34.4 Å². The third-order valence-corrected chi connectivity index (χ3v) is 7.34. The molecule has 1 amide bonds. The number of piperazine rings is 1. The van der Waals surface area contributed by atoms with E-state index in [1.165, 1.54) is 44.2 Å². The second-order valence-electron chi connectivity index (χ2n) is 9.03. The third kappa shape index (κ3) is 3.20. The number of rotatable bonds is 3. The fourth-order valence-electron chi connectivity index (χ4n) is 6.19. The number of ether oxygens (including phenoxy) is 1. The molecule has 4 aliphatic carbocycles. The summed E-state index contributed by atoms with van der Waals surface area (Å²) < 4.78 is 6.04. The molecule has 4 saturated carbocycles. The number of benzene rings is 1. The van der Waals surface area contributed by atoms with Crippen molar-refractivity contribution in [3.63, 3.8) is 0 Å². The summed E-state index contributed by atoms with van der Waals surface area (Å²) in [5.41, 5.74) is 1.06. The zero-order chi connectivity index (χ0) is 19.3. The van der Waals surface area contributed by atoms with Crippen LogP contribution in [0.1, 0.15) is 32.1 Å². The minimum absolute atomic E-state index is 0.0987. The van der Waals surface area contributed by atoms with Crippen LogP contribution in [0.2, 0.25) is 0 Å². The Morgan fingerprint density at radius 3 is 2.04 bits per heavy atom. The number of anilines is 1. The Bertz CT molecular complexity index is 729. The van der Waals surface area contributed by atoms with E-state index in [1.54, 1.807) is 12.1 Å². The number of nitro groups is 1. The van der Waals surface area contributed by atoms with Crippen molar-refractivity contribution in [2.45, 2.75) is 38.2 Å². The lowest BCUT2D eigenvalue weighted by atomic mass is 9.55. The van der Waals surface area contributed by atoms with Crippen LogP contribution in [0.15, 0.2) is 24.3 Å². The van der Waals surface area contributed by atoms with Crippen molar-refractivity contribution in [2.75, 3.05) is 31.1 Å². The summed E-state index contributed by atoms with van der Waals surface area (Å²) in [5.74, 6) is 2.92. The Kier molecular flexibility index (Phi) is 4.40. The first-order valence-electron chi connectivity index (χ1n) is 10.5. The van der Waals surface area contributed by atoms with E-state index >= 15 is 0 Å². The van der Waals surface area contributed by atoms with E-state index in [-0.39, 0.29) is 22.8 Å². The molecule has 1 aromatic rings. The highest BCUT2D eigenvalue weighted by molar-refractivity contribution is 5.68. The molecule has 1 saturated heterocycles. The zero-order valence-corrected chi connectivity index (χ0v) is 16.0. The molecular weight excluding hydrogens is 358 g/mol. The molecule has 0 aromatic heterocycles. The summed E-state index contributed by atoms with van der Waals surface area (Å²) in [6.45, 7) is 2.69. The molecule has 1 heterocycles. The van der Waals surface area contributed by atoms with Crippen LogP contribution in [0.3, 0.4) is 0 Å². The van der Waals surface area contributed by atoms with Crippen molar-refractivity contribution in [1.29, 1.82) is 0 Å². The van der Waals surface area contributed by atoms with Crippen LogP contribution in [-0.2, 0) is 4.74 Å². The van der Waals surface area contributed by atoms with Crippen LogP contribution in [0.4, 0.5) is 16.2 Å². The van der Waals surface area contributed by atoms with Crippen LogP contribution in [0.25, 0.3) is 0 Å². The van der Waals surface area contributed by atoms with Gasteiger partial charge in [-0.15, -0.1) is 0 Å². The highest BCUT2D eigenvalue weighted by atomic mass is 16.6. The van der Waals surface area contributed by atoms with Gasteiger partial charge in [-0.2, -0.15) is 0 Å². The molecule has 5 aliphatic rings. The first-order valence-corrected chi connectivity index (χ1v) is 10.5. The fourth-order valence-corrected chi connectivity index (χ4v) is 6.19. The van der Waals surface area contributed by atoms with Gasteiger partial charge in [-0.3, -0.25) is 10.1 Å². The molecule has 28 heavy (non-hydrogen) atoms. The minimum Gasteiger partial charge on any atom is -0.446 e. The van der Waals surface area contributed by atoms with Crippen LogP contribution in [0, 0.1) is 33.8 Å². The van der Waals surface area contributed by atoms with Crippen LogP contribution in [-0.4, -0.2) is 48.2 Å². The SMILES string of the molecule is O=C(OC1C2CC3CC(C2)CC1C3)N1CCN(c2ccc([N+](=O)[O-])cc2)CC1. The molecule has 7 nitrogen and oxygen atoms in total. The van der Waals surface area contributed by atoms with Crippen LogP contribution < -0.4 is 4.90 Å². The number of nitrogens with zero attached hydrogens (tertiary/aromatic N) is 3. The van der Waals surface area contributed by atoms with Crippen molar-refractivity contribution in [3.8, 4) is 0 Å². The molecule has 5 fully saturated rings. The third-order valence-electron chi connectivity index (χ3n) is 7.34. The van der Waals surface area contributed by atoms with Gasteiger partial charge in [0.25, 0.3) is 5.69 Å². The van der Waals surface area contributed by atoms with Gasteiger partial charge in [0.1, 0.15) is 6.10 Å². The molecule has 0 unspecified atom stereocenters. The first kappa shape index (κ1) is 17.8. The van der Waals surface area contributed by atoms with E-state index in [2.05, 4.69) is 4.90 Å². The van der Waals surface area contributed by atoms with Gasteiger partial charge in [0.15, 0.2) is 0 Å². The highest BCUT2D eigenvalue weighted by Crippen LogP contribution is 2.54. The topological polar surface area (TPSA) is 75.9 Å². The average molecular weight is 385 g/mol. The lowest BCUT2D eigenvalue weighted by Gasteiger charge is -2.53. The van der Waals surface area contributed by atoms with Gasteiger partial charge in [-0.1, -0.05) is 0 Å². The number of nitro benzene ring substituents is 1. The molecule has 0 atom stereocenters. The van der Waals surface area contributed by atoms with Crippen LogP contribution in [0.5, 0.6) is 0 Å². The van der Waals surface area contributed by atoms with Crippen molar-refractivity contribution < 1.29 is 14.5 Å². The smallest absolute Gasteiger partial charge is 0.410 e. The lowest BCUT2D eigenvalue weighted by molar-refractivity contribution is -0.384. The average Bonchev–Trinajstić information content (AvgIpc) is 2.70. The molecule has 1 aromatic carbocycles. The highest BCUT2D eigenvalue weighted by Gasteiger charge is 2.50. The van der Waals surface area contributed by atoms with E-state index in [0.717, 1.165) is 17.5 Å².